The fraction of sp³-hybridized carbons (Fsp3) is 0.269. The lowest BCUT2D eigenvalue weighted by atomic mass is 10.0. The number of halogens is 1. The van der Waals surface area contributed by atoms with Crippen LogP contribution in [0.25, 0.3) is 10.9 Å². The zero-order valence-corrected chi connectivity index (χ0v) is 18.2. The number of nitrogens with zero attached hydrogens (tertiary/aromatic N) is 3. The molecule has 6 nitrogen and oxygen atoms in total. The van der Waals surface area contributed by atoms with E-state index in [2.05, 4.69) is 10.3 Å². The first kappa shape index (κ1) is 13.7. The average molecular weight is 457 g/mol. The summed E-state index contributed by atoms with van der Waals surface area (Å²) in [7, 11) is 1.29. The number of rotatable bonds is 9. The number of likely N-dealkylation sites (N-methyl/N-ethyl adjacent to an activating group) is 1. The van der Waals surface area contributed by atoms with Crippen LogP contribution in [0.1, 0.15) is 37.3 Å². The summed E-state index contributed by atoms with van der Waals surface area (Å²) in [6, 6.07) is -1.75. The predicted octanol–water partition coefficient (Wildman–Crippen LogP) is 4.93. The molecular formula is C26H27FN4O2. The zero-order chi connectivity index (χ0) is 32.5. The number of nitrogens with one attached hydrogen (secondary N) is 1. The van der Waals surface area contributed by atoms with E-state index in [-0.39, 0.29) is 52.3 Å². The smallest absolute Gasteiger partial charge is 0.159 e. The summed E-state index contributed by atoms with van der Waals surface area (Å²) in [5.74, 6) is -2.14. The second kappa shape index (κ2) is 10.7. The number of carbonyl (C=O) groups excluding carboxylic acids is 1. The Labute approximate surface area is 207 Å². The third-order valence-corrected chi connectivity index (χ3v) is 4.35. The van der Waals surface area contributed by atoms with Crippen LogP contribution >= 0.6 is 0 Å². The number of ketones is 1. The van der Waals surface area contributed by atoms with E-state index in [4.69, 9.17) is 18.4 Å². The van der Waals surface area contributed by atoms with E-state index in [9.17, 15) is 14.4 Å². The summed E-state index contributed by atoms with van der Waals surface area (Å²) in [6.07, 6.45) is -0.154. The summed E-state index contributed by atoms with van der Waals surface area (Å²) in [5, 5.41) is 12.3. The normalized spacial score (nSPS) is 16.2. The van der Waals surface area contributed by atoms with Crippen molar-refractivity contribution in [2.75, 3.05) is 32.5 Å². The van der Waals surface area contributed by atoms with E-state index < -0.39 is 73.0 Å². The Bertz CT molecular complexity index is 1670. The van der Waals surface area contributed by atoms with E-state index in [1.165, 1.54) is 14.0 Å². The Hall–Kier alpha value is -3.76. The van der Waals surface area contributed by atoms with Crippen LogP contribution in [0.4, 0.5) is 15.8 Å². The van der Waals surface area contributed by atoms with Crippen LogP contribution < -0.4 is 10.1 Å². The molecule has 1 aromatic heterocycles. The van der Waals surface area contributed by atoms with Crippen molar-refractivity contribution in [3.63, 3.8) is 0 Å². The van der Waals surface area contributed by atoms with Gasteiger partial charge < -0.3 is 15.0 Å². The molecule has 0 aliphatic heterocycles. The summed E-state index contributed by atoms with van der Waals surface area (Å²) in [5.41, 5.74) is -1.85. The average Bonchev–Trinajstić information content (AvgIpc) is 2.95. The maximum absolute atomic E-state index is 14.4. The van der Waals surface area contributed by atoms with E-state index in [1.807, 2.05) is 0 Å². The number of hydrogen-bond acceptors (Lipinski definition) is 6. The van der Waals surface area contributed by atoms with Gasteiger partial charge in [0, 0.05) is 45.9 Å². The topological polar surface area (TPSA) is 78.2 Å². The second-order valence-electron chi connectivity index (χ2n) is 6.94. The van der Waals surface area contributed by atoms with Gasteiger partial charge in [-0.25, -0.2) is 4.39 Å². The van der Waals surface area contributed by atoms with Gasteiger partial charge in [-0.1, -0.05) is 6.08 Å². The number of pyridine rings is 1. The van der Waals surface area contributed by atoms with Gasteiger partial charge in [0.2, 0.25) is 0 Å². The monoisotopic (exact) mass is 456 g/mol. The molecule has 3 aromatic rings. The zero-order valence-electron chi connectivity index (χ0n) is 28.2. The van der Waals surface area contributed by atoms with Crippen molar-refractivity contribution in [2.45, 2.75) is 20.3 Å². The first-order chi connectivity index (χ1) is 20.0. The fourth-order valence-electron chi connectivity index (χ4n) is 2.85. The molecule has 0 unspecified atom stereocenters. The maximum Gasteiger partial charge on any atom is 0.159 e. The van der Waals surface area contributed by atoms with Crippen LogP contribution in [0, 0.1) is 24.1 Å². The molecule has 3 rings (SSSR count). The molecule has 1 N–H and O–H groups in total. The van der Waals surface area contributed by atoms with Crippen molar-refractivity contribution in [3.05, 3.63) is 71.0 Å². The van der Waals surface area contributed by atoms with Gasteiger partial charge in [-0.3, -0.25) is 9.78 Å². The lowest BCUT2D eigenvalue weighted by Gasteiger charge is -2.15. The van der Waals surface area contributed by atoms with E-state index in [0.717, 1.165) is 11.0 Å². The van der Waals surface area contributed by atoms with Gasteiger partial charge in [0.25, 0.3) is 0 Å². The van der Waals surface area contributed by atoms with Crippen LogP contribution in [-0.4, -0.2) is 42.8 Å². The molecular weight excluding hydrogens is 419 g/mol. The van der Waals surface area contributed by atoms with Crippen molar-refractivity contribution < 1.29 is 27.6 Å². The van der Waals surface area contributed by atoms with Crippen LogP contribution in [0.15, 0.2) is 48.5 Å². The number of aromatic nitrogens is 1. The highest BCUT2D eigenvalue weighted by molar-refractivity contribution is 5.98. The Morgan fingerprint density at radius 3 is 3.00 bits per heavy atom. The Morgan fingerprint density at radius 1 is 1.45 bits per heavy atom. The number of allylic oxidation sites excluding steroid dienone is 1. The molecule has 170 valence electrons. The second-order valence-corrected chi connectivity index (χ2v) is 6.94. The van der Waals surface area contributed by atoms with Gasteiger partial charge in [-0.15, -0.1) is 0 Å². The quantitative estimate of drug-likeness (QED) is 0.460. The fourth-order valence-corrected chi connectivity index (χ4v) is 2.85. The lowest BCUT2D eigenvalue weighted by Crippen LogP contribution is -2.11. The van der Waals surface area contributed by atoms with Gasteiger partial charge in [0.05, 0.1) is 33.0 Å². The third-order valence-electron chi connectivity index (χ3n) is 4.35. The molecule has 2 aromatic carbocycles. The van der Waals surface area contributed by atoms with Crippen LogP contribution in [0.2, 0.25) is 0 Å². The van der Waals surface area contributed by atoms with Crippen LogP contribution in [-0.2, 0) is 11.2 Å². The first-order valence-electron chi connectivity index (χ1n) is 14.9. The molecule has 0 aliphatic rings. The summed E-state index contributed by atoms with van der Waals surface area (Å²) >= 11 is 0. The molecule has 0 amide bonds. The molecule has 0 bridgehead atoms. The van der Waals surface area contributed by atoms with E-state index in [0.29, 0.717) is 0 Å². The van der Waals surface area contributed by atoms with Crippen molar-refractivity contribution in [1.29, 1.82) is 5.26 Å². The largest absolute Gasteiger partial charge is 0.494 e. The van der Waals surface area contributed by atoms with Crippen molar-refractivity contribution in [1.82, 2.24) is 9.88 Å². The summed E-state index contributed by atoms with van der Waals surface area (Å²) in [4.78, 5) is 18.0. The van der Waals surface area contributed by atoms with Gasteiger partial charge in [0.15, 0.2) is 5.78 Å². The standard InChI is InChI=1S/C26H27FN4O2/c1-5-33-25-14-24-22(13-18(25)12-21(32)7-6-10-31(3)4)26(19(15-28)16-29-24)30-20-8-9-23(27)17(2)11-20/h6-9,11,13-14,16H,5,10,12H2,1-4H3,(H,29,30)/b7-6+/i3D3,7D,8D,9D,11D,13D,14D,16D. The minimum Gasteiger partial charge on any atom is -0.494 e. The Kier molecular flexibility index (Phi) is 4.45. The SMILES string of the molecule is [2H]/C(=C\CN(C)C([2H])([2H])[2H])C(=O)Cc1c(OCC)c([2H])c2nc([2H])c(C#N)c(Nc3c([2H])c([2H])c(F)c(C)c3[2H])c2c1[2H]. The highest BCUT2D eigenvalue weighted by Crippen LogP contribution is 2.34. The molecule has 0 saturated carbocycles. The first-order valence-corrected chi connectivity index (χ1v) is 9.90. The van der Waals surface area contributed by atoms with Crippen LogP contribution in [0.5, 0.6) is 5.75 Å². The summed E-state index contributed by atoms with van der Waals surface area (Å²) in [6.45, 7) is 0.122. The van der Waals surface area contributed by atoms with Crippen molar-refractivity contribution in [2.24, 2.45) is 0 Å². The van der Waals surface area contributed by atoms with Gasteiger partial charge >= 0.3 is 0 Å². The van der Waals surface area contributed by atoms with Gasteiger partial charge in [-0.2, -0.15) is 5.26 Å². The lowest BCUT2D eigenvalue weighted by molar-refractivity contribution is -0.114. The van der Waals surface area contributed by atoms with Gasteiger partial charge in [-0.05, 0) is 63.7 Å². The summed E-state index contributed by atoms with van der Waals surface area (Å²) < 4.78 is 101. The number of benzene rings is 2. The van der Waals surface area contributed by atoms with Crippen molar-refractivity contribution >= 4 is 28.1 Å². The Morgan fingerprint density at radius 2 is 2.27 bits per heavy atom. The predicted molar refractivity (Wildman–Crippen MR) is 128 cm³/mol. The molecule has 0 radical (unpaired) electrons. The molecule has 1 heterocycles. The third kappa shape index (κ3) is 5.93. The molecule has 33 heavy (non-hydrogen) atoms. The number of hydrogen-bond donors (Lipinski definition) is 1. The number of nitriles is 1. The number of ether oxygens (including phenoxy) is 1. The molecule has 0 fully saturated rings. The molecule has 0 spiro atoms. The number of carbonyl (C=O) groups is 1. The maximum atomic E-state index is 14.4. The minimum atomic E-state index is -2.46. The van der Waals surface area contributed by atoms with Gasteiger partial charge in [0.1, 0.15) is 17.6 Å². The molecule has 0 aliphatic carbocycles. The van der Waals surface area contributed by atoms with Crippen molar-refractivity contribution in [3.8, 4) is 11.8 Å². The minimum absolute atomic E-state index is 0.00558. The molecule has 0 atom stereocenters. The number of anilines is 2. The van der Waals surface area contributed by atoms with E-state index >= 15 is 0 Å². The van der Waals surface area contributed by atoms with E-state index in [1.54, 1.807) is 13.0 Å². The number of fused-ring (bicyclic) bond motifs is 1. The molecule has 0 saturated heterocycles. The highest BCUT2D eigenvalue weighted by Gasteiger charge is 2.16. The molecule has 7 heteroatoms. The Balaban J connectivity index is 2.31. The van der Waals surface area contributed by atoms with Crippen LogP contribution in [0.3, 0.4) is 0 Å². The highest BCUT2D eigenvalue weighted by atomic mass is 19.1.